The Morgan fingerprint density at radius 2 is 0.882 bits per heavy atom. The van der Waals surface area contributed by atoms with E-state index < -0.39 is 36.0 Å². The van der Waals surface area contributed by atoms with E-state index in [-0.39, 0.29) is 68.6 Å². The van der Waals surface area contributed by atoms with Crippen LogP contribution in [0, 0.1) is 49.4 Å². The Kier molecular flexibility index (Phi) is 15.8. The summed E-state index contributed by atoms with van der Waals surface area (Å²) in [5.74, 6) is -3.00. The minimum atomic E-state index is -1.00. The van der Waals surface area contributed by atoms with Crippen molar-refractivity contribution in [3.05, 3.63) is 54.7 Å². The van der Waals surface area contributed by atoms with E-state index in [2.05, 4.69) is 29.9 Å². The third kappa shape index (κ3) is 13.3. The van der Waals surface area contributed by atoms with Gasteiger partial charge in [-0.15, -0.1) is 0 Å². The zero-order chi connectivity index (χ0) is 24.8. The fourth-order valence-corrected chi connectivity index (χ4v) is 2.16. The molecule has 0 aliphatic rings. The molecule has 0 saturated carbocycles. The standard InChI is InChI=1S/3C6H9N3O2.Eu/c3*7-5(6(10)11)1-4-2-8-3-9-4;/h3*2-3,5H,1,7H2,(H,8,9)(H,10,11);/t3*5-;/m000./s1. The molecule has 3 atom stereocenters. The molecule has 1 radical (unpaired) electrons. The van der Waals surface area contributed by atoms with Crippen LogP contribution < -0.4 is 17.2 Å². The predicted octanol–water partition coefficient (Wildman–Crippen LogP) is -1.91. The Morgan fingerprint density at radius 3 is 1.03 bits per heavy atom. The molecule has 3 aromatic rings. The van der Waals surface area contributed by atoms with Gasteiger partial charge >= 0.3 is 17.9 Å². The zero-order valence-electron chi connectivity index (χ0n) is 17.8. The van der Waals surface area contributed by atoms with Gasteiger partial charge in [0.2, 0.25) is 0 Å². The van der Waals surface area contributed by atoms with Crippen molar-refractivity contribution in [1.82, 2.24) is 29.9 Å². The first-order valence-electron chi connectivity index (χ1n) is 9.47. The number of H-pyrrole nitrogens is 3. The monoisotopic (exact) mass is 618 g/mol. The van der Waals surface area contributed by atoms with Crippen LogP contribution in [0.5, 0.6) is 0 Å². The number of aromatic amines is 3. The molecule has 16 heteroatoms. The average Bonchev–Trinajstić information content (AvgIpc) is 3.53. The van der Waals surface area contributed by atoms with Crippen LogP contribution in [0.25, 0.3) is 0 Å². The van der Waals surface area contributed by atoms with Gasteiger partial charge in [-0.1, -0.05) is 0 Å². The van der Waals surface area contributed by atoms with Gasteiger partial charge < -0.3 is 47.5 Å². The molecule has 187 valence electrons. The number of nitrogens with two attached hydrogens (primary N) is 3. The molecule has 0 fully saturated rings. The third-order valence-corrected chi connectivity index (χ3v) is 3.94. The van der Waals surface area contributed by atoms with E-state index in [4.69, 9.17) is 32.5 Å². The van der Waals surface area contributed by atoms with Gasteiger partial charge in [-0.2, -0.15) is 0 Å². The van der Waals surface area contributed by atoms with Crippen LogP contribution in [-0.4, -0.2) is 81.3 Å². The van der Waals surface area contributed by atoms with E-state index in [0.717, 1.165) is 17.1 Å². The average molecular weight is 617 g/mol. The summed E-state index contributed by atoms with van der Waals surface area (Å²) in [5, 5.41) is 25.3. The molecule has 12 N–H and O–H groups in total. The van der Waals surface area contributed by atoms with Crippen LogP contribution in [0.15, 0.2) is 37.6 Å². The van der Waals surface area contributed by atoms with Crippen molar-refractivity contribution >= 4 is 17.9 Å². The number of aromatic nitrogens is 6. The molecular weight excluding hydrogens is 590 g/mol. The van der Waals surface area contributed by atoms with Gasteiger partial charge in [0, 0.05) is 104 Å². The summed E-state index contributed by atoms with van der Waals surface area (Å²) in [6.07, 6.45) is 10.0. The maximum Gasteiger partial charge on any atom is 0.320 e. The van der Waals surface area contributed by atoms with Gasteiger partial charge in [-0.25, -0.2) is 15.0 Å². The normalized spacial score (nSPS) is 12.4. The number of hydrogen-bond donors (Lipinski definition) is 9. The van der Waals surface area contributed by atoms with Gasteiger partial charge in [0.05, 0.1) is 19.0 Å². The molecule has 34 heavy (non-hydrogen) atoms. The van der Waals surface area contributed by atoms with Crippen molar-refractivity contribution in [2.75, 3.05) is 0 Å². The number of carbonyl (C=O) groups is 3. The summed E-state index contributed by atoms with van der Waals surface area (Å²) in [4.78, 5) is 50.3. The van der Waals surface area contributed by atoms with E-state index >= 15 is 0 Å². The molecule has 0 unspecified atom stereocenters. The summed E-state index contributed by atoms with van der Waals surface area (Å²) in [6, 6.07) is -2.55. The number of carboxylic acid groups (broad SMARTS) is 3. The van der Waals surface area contributed by atoms with E-state index in [0.29, 0.717) is 0 Å². The van der Waals surface area contributed by atoms with Crippen LogP contribution >= 0.6 is 0 Å². The van der Waals surface area contributed by atoms with Gasteiger partial charge in [-0.05, 0) is 0 Å². The molecule has 0 spiro atoms. The number of rotatable bonds is 9. The summed E-state index contributed by atoms with van der Waals surface area (Å²) in [6.45, 7) is 0. The number of carboxylic acids is 3. The Morgan fingerprint density at radius 1 is 0.647 bits per heavy atom. The first-order chi connectivity index (χ1) is 15.6. The van der Waals surface area contributed by atoms with Crippen molar-refractivity contribution in [2.45, 2.75) is 37.4 Å². The maximum absolute atomic E-state index is 10.3. The Balaban J connectivity index is 0.000000473. The zero-order valence-corrected chi connectivity index (χ0v) is 20.3. The second kappa shape index (κ2) is 17.0. The van der Waals surface area contributed by atoms with E-state index in [9.17, 15) is 14.4 Å². The minimum Gasteiger partial charge on any atom is -0.480 e. The van der Waals surface area contributed by atoms with Crippen LogP contribution in [-0.2, 0) is 33.6 Å². The summed E-state index contributed by atoms with van der Waals surface area (Å²) in [5.41, 5.74) is 18.0. The van der Waals surface area contributed by atoms with Crippen LogP contribution in [0.4, 0.5) is 0 Å². The molecule has 0 saturated heterocycles. The van der Waals surface area contributed by atoms with Gasteiger partial charge in [0.15, 0.2) is 0 Å². The second-order valence-corrected chi connectivity index (χ2v) is 6.68. The molecule has 0 aliphatic heterocycles. The van der Waals surface area contributed by atoms with Gasteiger partial charge in [-0.3, -0.25) is 14.4 Å². The Labute approximate surface area is 234 Å². The topological polar surface area (TPSA) is 276 Å². The largest absolute Gasteiger partial charge is 0.480 e. The number of nitrogens with one attached hydrogen (secondary N) is 3. The predicted molar refractivity (Wildman–Crippen MR) is 114 cm³/mol. The second-order valence-electron chi connectivity index (χ2n) is 6.68. The fourth-order valence-electron chi connectivity index (χ4n) is 2.16. The molecular formula is C18H27EuN9O6. The first-order valence-corrected chi connectivity index (χ1v) is 9.47. The SMILES string of the molecule is N[C@@H](Cc1cnc[nH]1)C(=O)O.N[C@@H](Cc1cnc[nH]1)C(=O)O.N[C@@H](Cc1cnc[nH]1)C(=O)O.[Eu]. The number of aliphatic carboxylic acids is 3. The van der Waals surface area contributed by atoms with E-state index in [1.807, 2.05) is 0 Å². The smallest absolute Gasteiger partial charge is 0.320 e. The summed E-state index contributed by atoms with van der Waals surface area (Å²) in [7, 11) is 0. The minimum absolute atomic E-state index is 0. The van der Waals surface area contributed by atoms with E-state index in [1.54, 1.807) is 18.6 Å². The first kappa shape index (κ1) is 31.5. The Bertz CT molecular complexity index is 827. The molecule has 3 aromatic heterocycles. The maximum atomic E-state index is 10.3. The molecule has 3 heterocycles. The molecule has 15 nitrogen and oxygen atoms in total. The number of imidazole rings is 3. The fraction of sp³-hybridized carbons (Fsp3) is 0.333. The molecule has 0 amide bonds. The third-order valence-electron chi connectivity index (χ3n) is 3.94. The van der Waals surface area contributed by atoms with Crippen molar-refractivity contribution in [3.8, 4) is 0 Å². The Hall–Kier alpha value is -2.50. The van der Waals surface area contributed by atoms with Crippen molar-refractivity contribution in [2.24, 2.45) is 17.2 Å². The van der Waals surface area contributed by atoms with Crippen molar-refractivity contribution < 1.29 is 79.1 Å². The van der Waals surface area contributed by atoms with Crippen molar-refractivity contribution in [3.63, 3.8) is 0 Å². The van der Waals surface area contributed by atoms with Gasteiger partial charge in [0.25, 0.3) is 0 Å². The summed E-state index contributed by atoms with van der Waals surface area (Å²) >= 11 is 0. The molecule has 0 aromatic carbocycles. The number of nitrogens with zero attached hydrogens (tertiary/aromatic N) is 3. The quantitative estimate of drug-likeness (QED) is 0.127. The van der Waals surface area contributed by atoms with Crippen LogP contribution in [0.1, 0.15) is 17.1 Å². The summed E-state index contributed by atoms with van der Waals surface area (Å²) < 4.78 is 0. The molecule has 0 aliphatic carbocycles. The van der Waals surface area contributed by atoms with Crippen LogP contribution in [0.3, 0.4) is 0 Å². The molecule has 0 bridgehead atoms. The molecule has 3 rings (SSSR count). The van der Waals surface area contributed by atoms with Crippen LogP contribution in [0.2, 0.25) is 0 Å². The van der Waals surface area contributed by atoms with E-state index in [1.165, 1.54) is 19.0 Å². The van der Waals surface area contributed by atoms with Gasteiger partial charge in [0.1, 0.15) is 18.1 Å². The number of hydrogen-bond acceptors (Lipinski definition) is 9. The van der Waals surface area contributed by atoms with Crippen molar-refractivity contribution in [1.29, 1.82) is 0 Å².